The smallest absolute Gasteiger partial charge is 0.303 e. The van der Waals surface area contributed by atoms with Gasteiger partial charge in [-0.15, -0.1) is 0 Å². The van der Waals surface area contributed by atoms with Gasteiger partial charge in [-0.3, -0.25) is 4.79 Å². The topological polar surface area (TPSA) is 46.5 Å². The maximum absolute atomic E-state index is 10.4. The molecule has 1 N–H and O–H groups in total. The van der Waals surface area contributed by atoms with Crippen molar-refractivity contribution in [1.82, 2.24) is 0 Å². The summed E-state index contributed by atoms with van der Waals surface area (Å²) in [6, 6.07) is 14.5. The van der Waals surface area contributed by atoms with Crippen LogP contribution in [0.5, 0.6) is 5.75 Å². The summed E-state index contributed by atoms with van der Waals surface area (Å²) in [5.41, 5.74) is 0. The maximum Gasteiger partial charge on any atom is 0.303 e. The van der Waals surface area contributed by atoms with E-state index in [4.69, 9.17) is 9.84 Å². The van der Waals surface area contributed by atoms with Crippen molar-refractivity contribution in [2.24, 2.45) is 0 Å². The number of aliphatic carboxylic acids is 1. The van der Waals surface area contributed by atoms with E-state index in [9.17, 15) is 4.79 Å². The Hall–Kier alpha value is -2.03. The van der Waals surface area contributed by atoms with Gasteiger partial charge >= 0.3 is 5.97 Å². The molecule has 2 aromatic carbocycles. The molecule has 0 aromatic heterocycles. The van der Waals surface area contributed by atoms with Gasteiger partial charge in [-0.05, 0) is 24.3 Å². The Balaban J connectivity index is 1.48. The summed E-state index contributed by atoms with van der Waals surface area (Å²) in [6.07, 6.45) is 10.7. The Morgan fingerprint density at radius 2 is 1.36 bits per heavy atom. The predicted molar refractivity (Wildman–Crippen MR) is 103 cm³/mol. The second-order valence-electron chi connectivity index (χ2n) is 6.65. The highest BCUT2D eigenvalue weighted by Crippen LogP contribution is 2.25. The van der Waals surface area contributed by atoms with Crippen molar-refractivity contribution < 1.29 is 14.6 Å². The molecule has 0 aliphatic carbocycles. The Morgan fingerprint density at radius 1 is 0.760 bits per heavy atom. The van der Waals surface area contributed by atoms with Crippen LogP contribution in [0.4, 0.5) is 0 Å². The predicted octanol–water partition coefficient (Wildman–Crippen LogP) is 6.20. The molecule has 0 radical (unpaired) electrons. The molecule has 2 aromatic rings. The van der Waals surface area contributed by atoms with Crippen molar-refractivity contribution in [3.63, 3.8) is 0 Å². The molecular weight excluding hydrogens is 312 g/mol. The first kappa shape index (κ1) is 19.3. The van der Waals surface area contributed by atoms with Crippen molar-refractivity contribution in [2.45, 2.75) is 64.2 Å². The number of ether oxygens (including phenoxy) is 1. The fraction of sp³-hybridized carbons (Fsp3) is 0.500. The number of hydrogen-bond donors (Lipinski definition) is 1. The van der Waals surface area contributed by atoms with E-state index in [0.717, 1.165) is 38.0 Å². The molecule has 0 aliphatic rings. The summed E-state index contributed by atoms with van der Waals surface area (Å²) in [7, 11) is 0. The van der Waals surface area contributed by atoms with Gasteiger partial charge in [0.2, 0.25) is 0 Å². The summed E-state index contributed by atoms with van der Waals surface area (Å²) in [6.45, 7) is 0.781. The zero-order valence-corrected chi connectivity index (χ0v) is 15.1. The highest BCUT2D eigenvalue weighted by molar-refractivity contribution is 5.88. The summed E-state index contributed by atoms with van der Waals surface area (Å²) >= 11 is 0. The van der Waals surface area contributed by atoms with E-state index in [1.54, 1.807) is 0 Å². The number of carbonyl (C=O) groups is 1. The van der Waals surface area contributed by atoms with Crippen LogP contribution in [0.25, 0.3) is 10.8 Å². The van der Waals surface area contributed by atoms with Gasteiger partial charge in [0.1, 0.15) is 5.75 Å². The van der Waals surface area contributed by atoms with E-state index in [2.05, 4.69) is 30.3 Å². The molecule has 25 heavy (non-hydrogen) atoms. The molecule has 0 spiro atoms. The zero-order valence-electron chi connectivity index (χ0n) is 15.1. The molecule has 0 fully saturated rings. The number of unbranched alkanes of at least 4 members (excludes halogenated alkanes) is 8. The van der Waals surface area contributed by atoms with Crippen molar-refractivity contribution in [1.29, 1.82) is 0 Å². The van der Waals surface area contributed by atoms with E-state index >= 15 is 0 Å². The minimum absolute atomic E-state index is 0.316. The average molecular weight is 342 g/mol. The van der Waals surface area contributed by atoms with Gasteiger partial charge in [0, 0.05) is 11.8 Å². The molecule has 0 atom stereocenters. The summed E-state index contributed by atoms with van der Waals surface area (Å²) in [5.74, 6) is 0.310. The molecule has 0 amide bonds. The van der Waals surface area contributed by atoms with Crippen LogP contribution in [-0.2, 0) is 4.79 Å². The van der Waals surface area contributed by atoms with Gasteiger partial charge in [-0.1, -0.05) is 81.3 Å². The number of benzene rings is 2. The number of fused-ring (bicyclic) bond motifs is 1. The minimum atomic E-state index is -0.675. The lowest BCUT2D eigenvalue weighted by molar-refractivity contribution is -0.137. The Kier molecular flexibility index (Phi) is 8.89. The van der Waals surface area contributed by atoms with Crippen LogP contribution >= 0.6 is 0 Å². The third-order valence-electron chi connectivity index (χ3n) is 4.54. The normalized spacial score (nSPS) is 10.9. The first-order valence-corrected chi connectivity index (χ1v) is 9.60. The number of carboxylic acid groups (broad SMARTS) is 1. The Bertz CT molecular complexity index is 631. The van der Waals surface area contributed by atoms with Crippen LogP contribution < -0.4 is 4.74 Å². The van der Waals surface area contributed by atoms with E-state index in [1.165, 1.54) is 42.9 Å². The number of hydrogen-bond acceptors (Lipinski definition) is 2. The molecule has 2 rings (SSSR count). The largest absolute Gasteiger partial charge is 0.493 e. The standard InChI is InChI=1S/C22H30O3/c23-22(24)17-8-6-4-2-1-3-5-7-11-18-25-21-16-12-14-19-13-9-10-15-20(19)21/h9-10,12-16H,1-8,11,17-18H2,(H,23,24). The molecule has 0 unspecified atom stereocenters. The van der Waals surface area contributed by atoms with Gasteiger partial charge in [-0.2, -0.15) is 0 Å². The van der Waals surface area contributed by atoms with E-state index in [0.29, 0.717) is 6.42 Å². The van der Waals surface area contributed by atoms with Crippen molar-refractivity contribution in [3.05, 3.63) is 42.5 Å². The quantitative estimate of drug-likeness (QED) is 0.441. The lowest BCUT2D eigenvalue weighted by Crippen LogP contribution is -1.97. The summed E-state index contributed by atoms with van der Waals surface area (Å²) in [4.78, 5) is 10.4. The second-order valence-corrected chi connectivity index (χ2v) is 6.65. The molecule has 3 heteroatoms. The van der Waals surface area contributed by atoms with Crippen LogP contribution in [0.3, 0.4) is 0 Å². The third-order valence-corrected chi connectivity index (χ3v) is 4.54. The molecule has 0 aliphatic heterocycles. The van der Waals surface area contributed by atoms with Crippen molar-refractivity contribution >= 4 is 16.7 Å². The first-order chi connectivity index (χ1) is 12.3. The SMILES string of the molecule is O=C(O)CCCCCCCCCCCOc1cccc2ccccc12. The van der Waals surface area contributed by atoms with Crippen LogP contribution in [0, 0.1) is 0 Å². The van der Waals surface area contributed by atoms with Gasteiger partial charge < -0.3 is 9.84 Å². The molecule has 0 heterocycles. The van der Waals surface area contributed by atoms with Gasteiger partial charge in [0.25, 0.3) is 0 Å². The van der Waals surface area contributed by atoms with E-state index in [1.807, 2.05) is 12.1 Å². The molecule has 136 valence electrons. The van der Waals surface area contributed by atoms with Gasteiger partial charge in [0.05, 0.1) is 6.61 Å². The molecule has 3 nitrogen and oxygen atoms in total. The van der Waals surface area contributed by atoms with Crippen LogP contribution in [0.15, 0.2) is 42.5 Å². The lowest BCUT2D eigenvalue weighted by atomic mass is 10.1. The van der Waals surface area contributed by atoms with Crippen LogP contribution in [0.1, 0.15) is 64.2 Å². The van der Waals surface area contributed by atoms with E-state index in [-0.39, 0.29) is 0 Å². The monoisotopic (exact) mass is 342 g/mol. The van der Waals surface area contributed by atoms with Crippen molar-refractivity contribution in [2.75, 3.05) is 6.61 Å². The van der Waals surface area contributed by atoms with Crippen molar-refractivity contribution in [3.8, 4) is 5.75 Å². The molecule has 0 bridgehead atoms. The Labute approximate surface area is 151 Å². The molecular formula is C22H30O3. The fourth-order valence-electron chi connectivity index (χ4n) is 3.12. The first-order valence-electron chi connectivity index (χ1n) is 9.60. The summed E-state index contributed by atoms with van der Waals surface area (Å²) < 4.78 is 5.96. The Morgan fingerprint density at radius 3 is 2.08 bits per heavy atom. The molecule has 0 saturated carbocycles. The number of rotatable bonds is 13. The average Bonchev–Trinajstić information content (AvgIpc) is 2.62. The van der Waals surface area contributed by atoms with Crippen LogP contribution in [0.2, 0.25) is 0 Å². The summed E-state index contributed by atoms with van der Waals surface area (Å²) in [5, 5.41) is 11.0. The number of carboxylic acids is 1. The zero-order chi connectivity index (χ0) is 17.7. The molecule has 0 saturated heterocycles. The third kappa shape index (κ3) is 7.59. The highest BCUT2D eigenvalue weighted by atomic mass is 16.5. The van der Waals surface area contributed by atoms with Gasteiger partial charge in [0.15, 0.2) is 0 Å². The van der Waals surface area contributed by atoms with Gasteiger partial charge in [-0.25, -0.2) is 0 Å². The second kappa shape index (κ2) is 11.5. The minimum Gasteiger partial charge on any atom is -0.493 e. The maximum atomic E-state index is 10.4. The van der Waals surface area contributed by atoms with Crippen LogP contribution in [-0.4, -0.2) is 17.7 Å². The van der Waals surface area contributed by atoms with E-state index < -0.39 is 5.97 Å². The lowest BCUT2D eigenvalue weighted by Gasteiger charge is -2.09. The highest BCUT2D eigenvalue weighted by Gasteiger charge is 2.01. The fourth-order valence-corrected chi connectivity index (χ4v) is 3.12.